The van der Waals surface area contributed by atoms with Crippen molar-refractivity contribution in [2.75, 3.05) is 0 Å². The summed E-state index contributed by atoms with van der Waals surface area (Å²) in [6.45, 7) is 5.42. The first-order valence-corrected chi connectivity index (χ1v) is 4.10. The Hall–Kier alpha value is -1.31. The monoisotopic (exact) mass is 179 g/mol. The van der Waals surface area contributed by atoms with Crippen molar-refractivity contribution in [3.63, 3.8) is 0 Å². The van der Waals surface area contributed by atoms with E-state index in [0.717, 1.165) is 0 Å². The highest BCUT2D eigenvalue weighted by molar-refractivity contribution is 5.23. The lowest BCUT2D eigenvalue weighted by atomic mass is 10.3. The average molecular weight is 179 g/mol. The van der Waals surface area contributed by atoms with Crippen molar-refractivity contribution in [3.8, 4) is 5.75 Å². The zero-order chi connectivity index (χ0) is 9.68. The molecule has 1 atom stereocenters. The molecule has 2 heteroatoms. The number of hydrogen-bond acceptors (Lipinski definition) is 1. The maximum absolute atomic E-state index is 12.7. The summed E-state index contributed by atoms with van der Waals surface area (Å²) >= 11 is 0. The van der Waals surface area contributed by atoms with Crippen molar-refractivity contribution in [2.45, 2.75) is 13.0 Å². The summed E-state index contributed by atoms with van der Waals surface area (Å²) < 4.78 is 18.1. The van der Waals surface area contributed by atoms with E-state index < -0.39 is 0 Å². The van der Waals surface area contributed by atoms with Gasteiger partial charge in [0, 0.05) is 6.07 Å². The molecule has 0 spiro atoms. The van der Waals surface area contributed by atoms with Crippen LogP contribution in [0, 0.1) is 12.7 Å². The van der Waals surface area contributed by atoms with Crippen LogP contribution in [0.2, 0.25) is 0 Å². The van der Waals surface area contributed by atoms with Crippen LogP contribution in [0.3, 0.4) is 0 Å². The predicted octanol–water partition coefficient (Wildman–Crippen LogP) is 2.98. The fourth-order valence-electron chi connectivity index (χ4n) is 0.986. The highest BCUT2D eigenvalue weighted by Crippen LogP contribution is 2.13. The Morgan fingerprint density at radius 3 is 2.92 bits per heavy atom. The molecule has 1 rings (SSSR count). The van der Waals surface area contributed by atoms with Gasteiger partial charge in [-0.25, -0.2) is 4.39 Å². The minimum atomic E-state index is -0.289. The molecule has 0 amide bonds. The normalized spacial score (nSPS) is 13.2. The van der Waals surface area contributed by atoms with E-state index in [2.05, 4.69) is 6.92 Å². The summed E-state index contributed by atoms with van der Waals surface area (Å²) in [5.74, 6) is 0.244. The quantitative estimate of drug-likeness (QED) is 0.693. The lowest BCUT2D eigenvalue weighted by molar-refractivity contribution is 0.268. The van der Waals surface area contributed by atoms with E-state index in [4.69, 9.17) is 4.74 Å². The van der Waals surface area contributed by atoms with Crippen molar-refractivity contribution < 1.29 is 9.13 Å². The van der Waals surface area contributed by atoms with Gasteiger partial charge in [0.2, 0.25) is 0 Å². The maximum Gasteiger partial charge on any atom is 0.126 e. The summed E-state index contributed by atoms with van der Waals surface area (Å²) in [5.41, 5.74) is 0. The van der Waals surface area contributed by atoms with E-state index in [-0.39, 0.29) is 11.9 Å². The molecule has 1 radical (unpaired) electrons. The van der Waals surface area contributed by atoms with Gasteiger partial charge in [0.05, 0.1) is 0 Å². The minimum absolute atomic E-state index is 0.0840. The lowest BCUT2D eigenvalue weighted by Crippen LogP contribution is -2.07. The fourth-order valence-corrected chi connectivity index (χ4v) is 0.986. The van der Waals surface area contributed by atoms with Gasteiger partial charge in [-0.2, -0.15) is 0 Å². The highest BCUT2D eigenvalue weighted by Gasteiger charge is 1.99. The Kier molecular flexibility index (Phi) is 3.50. The highest BCUT2D eigenvalue weighted by atomic mass is 19.1. The van der Waals surface area contributed by atoms with E-state index in [1.54, 1.807) is 24.3 Å². The summed E-state index contributed by atoms with van der Waals surface area (Å²) in [5, 5.41) is 0. The zero-order valence-electron chi connectivity index (χ0n) is 7.53. The summed E-state index contributed by atoms with van der Waals surface area (Å²) in [6.07, 6.45) is 3.37. The van der Waals surface area contributed by atoms with E-state index in [0.29, 0.717) is 5.75 Å². The van der Waals surface area contributed by atoms with Crippen LogP contribution in [-0.2, 0) is 0 Å². The number of allylic oxidation sites excluding steroid dienone is 1. The molecule has 0 aromatic heterocycles. The van der Waals surface area contributed by atoms with Crippen molar-refractivity contribution in [2.24, 2.45) is 0 Å². The van der Waals surface area contributed by atoms with Gasteiger partial charge in [-0.05, 0) is 32.1 Å². The van der Waals surface area contributed by atoms with Gasteiger partial charge in [-0.15, -0.1) is 0 Å². The largest absolute Gasteiger partial charge is 0.487 e. The van der Waals surface area contributed by atoms with Gasteiger partial charge in [0.15, 0.2) is 0 Å². The van der Waals surface area contributed by atoms with Crippen LogP contribution in [0.5, 0.6) is 5.75 Å². The van der Waals surface area contributed by atoms with Crippen LogP contribution in [0.1, 0.15) is 6.92 Å². The standard InChI is InChI=1S/C11H12FO/c1-3-5-9(2)13-11-7-4-6-10(12)8-11/h3-9H,1H2,2H3. The molecule has 1 unspecified atom stereocenters. The van der Waals surface area contributed by atoms with Crippen molar-refractivity contribution in [1.29, 1.82) is 0 Å². The van der Waals surface area contributed by atoms with Crippen molar-refractivity contribution in [3.05, 3.63) is 49.2 Å². The topological polar surface area (TPSA) is 9.23 Å². The molecule has 0 aliphatic heterocycles. The fraction of sp³-hybridized carbons (Fsp3) is 0.182. The molecule has 0 N–H and O–H groups in total. The van der Waals surface area contributed by atoms with E-state index >= 15 is 0 Å². The third-order valence-electron chi connectivity index (χ3n) is 1.53. The molecular formula is C11H12FO. The second kappa shape index (κ2) is 4.65. The Morgan fingerprint density at radius 1 is 1.54 bits per heavy atom. The van der Waals surface area contributed by atoms with Crippen molar-refractivity contribution >= 4 is 0 Å². The predicted molar refractivity (Wildman–Crippen MR) is 51.0 cm³/mol. The van der Waals surface area contributed by atoms with E-state index in [1.807, 2.05) is 6.92 Å². The Labute approximate surface area is 77.8 Å². The molecule has 1 aromatic carbocycles. The van der Waals surface area contributed by atoms with Crippen LogP contribution in [0.4, 0.5) is 4.39 Å². The number of halogens is 1. The maximum atomic E-state index is 12.7. The Morgan fingerprint density at radius 2 is 2.31 bits per heavy atom. The smallest absolute Gasteiger partial charge is 0.126 e. The second-order valence-electron chi connectivity index (χ2n) is 2.71. The van der Waals surface area contributed by atoms with Crippen LogP contribution in [0.15, 0.2) is 36.4 Å². The zero-order valence-corrected chi connectivity index (χ0v) is 7.53. The molecule has 69 valence electrons. The Balaban J connectivity index is 2.63. The van der Waals surface area contributed by atoms with Crippen LogP contribution in [-0.4, -0.2) is 6.10 Å². The minimum Gasteiger partial charge on any atom is -0.487 e. The van der Waals surface area contributed by atoms with Gasteiger partial charge in [-0.3, -0.25) is 0 Å². The van der Waals surface area contributed by atoms with Gasteiger partial charge in [0.25, 0.3) is 0 Å². The van der Waals surface area contributed by atoms with Crippen LogP contribution < -0.4 is 4.74 Å². The molecule has 0 fully saturated rings. The molecule has 0 bridgehead atoms. The number of ether oxygens (including phenoxy) is 1. The first-order chi connectivity index (χ1) is 6.22. The van der Waals surface area contributed by atoms with Crippen molar-refractivity contribution in [1.82, 2.24) is 0 Å². The van der Waals surface area contributed by atoms with Gasteiger partial charge >= 0.3 is 0 Å². The van der Waals surface area contributed by atoms with Crippen LogP contribution >= 0.6 is 0 Å². The Bertz CT molecular complexity index is 294. The van der Waals surface area contributed by atoms with E-state index in [9.17, 15) is 4.39 Å². The van der Waals surface area contributed by atoms with Gasteiger partial charge in [0.1, 0.15) is 17.7 Å². The molecule has 1 nitrogen and oxygen atoms in total. The summed E-state index contributed by atoms with van der Waals surface area (Å²) in [6, 6.07) is 6.07. The SMILES string of the molecule is [CH2]C=CC(C)Oc1cccc(F)c1. The average Bonchev–Trinajstić information content (AvgIpc) is 2.04. The number of benzene rings is 1. The number of rotatable bonds is 3. The molecule has 1 aromatic rings. The summed E-state index contributed by atoms with van der Waals surface area (Å²) in [7, 11) is 0. The molecule has 0 saturated heterocycles. The van der Waals surface area contributed by atoms with E-state index in [1.165, 1.54) is 12.1 Å². The molecule has 0 aliphatic carbocycles. The van der Waals surface area contributed by atoms with Gasteiger partial charge in [-0.1, -0.05) is 12.1 Å². The lowest BCUT2D eigenvalue weighted by Gasteiger charge is -2.10. The second-order valence-corrected chi connectivity index (χ2v) is 2.71. The third-order valence-corrected chi connectivity index (χ3v) is 1.53. The first-order valence-electron chi connectivity index (χ1n) is 4.10. The van der Waals surface area contributed by atoms with Gasteiger partial charge < -0.3 is 4.74 Å². The molecule has 0 aliphatic rings. The third kappa shape index (κ3) is 3.28. The summed E-state index contributed by atoms with van der Waals surface area (Å²) in [4.78, 5) is 0. The molecule has 0 saturated carbocycles. The first kappa shape index (κ1) is 9.78. The molecular weight excluding hydrogens is 167 g/mol. The van der Waals surface area contributed by atoms with Crippen LogP contribution in [0.25, 0.3) is 0 Å². The number of hydrogen-bond donors (Lipinski definition) is 0. The molecule has 13 heavy (non-hydrogen) atoms. The molecule has 0 heterocycles.